The quantitative estimate of drug-likeness (QED) is 0.616. The molecule has 1 rings (SSSR count). The van der Waals surface area contributed by atoms with Crippen LogP contribution in [0.4, 0.5) is 0 Å². The summed E-state index contributed by atoms with van der Waals surface area (Å²) in [5, 5.41) is 0.875. The van der Waals surface area contributed by atoms with E-state index in [9.17, 15) is 0 Å². The maximum absolute atomic E-state index is 5.85. The number of thioether (sulfide) groups is 1. The standard InChI is InChI=1S/C7H7Cl2IN2S/c1-2-13-3-4-11-6(8)5(10)7(9)12-4/h2-3H2,1H3. The van der Waals surface area contributed by atoms with Crippen LogP contribution >= 0.6 is 57.6 Å². The maximum Gasteiger partial charge on any atom is 0.147 e. The summed E-state index contributed by atoms with van der Waals surface area (Å²) >= 11 is 15.5. The first-order chi connectivity index (χ1) is 6.15. The van der Waals surface area contributed by atoms with Crippen molar-refractivity contribution in [2.45, 2.75) is 12.7 Å². The van der Waals surface area contributed by atoms with Crippen molar-refractivity contribution in [1.29, 1.82) is 0 Å². The molecule has 0 unspecified atom stereocenters. The molecule has 0 aromatic carbocycles. The second kappa shape index (κ2) is 5.58. The van der Waals surface area contributed by atoms with E-state index >= 15 is 0 Å². The Kier molecular flexibility index (Phi) is 5.07. The fraction of sp³-hybridized carbons (Fsp3) is 0.429. The molecule has 0 aliphatic carbocycles. The molecule has 1 heterocycles. The molecule has 0 spiro atoms. The molecule has 0 N–H and O–H groups in total. The number of hydrogen-bond acceptors (Lipinski definition) is 3. The molecule has 1 aromatic rings. The zero-order valence-corrected chi connectivity index (χ0v) is 11.3. The molecule has 72 valence electrons. The second-order valence-electron chi connectivity index (χ2n) is 2.17. The highest BCUT2D eigenvalue weighted by molar-refractivity contribution is 14.1. The van der Waals surface area contributed by atoms with Crippen LogP contribution in [0.15, 0.2) is 0 Å². The summed E-state index contributed by atoms with van der Waals surface area (Å²) < 4.78 is 0.714. The highest BCUT2D eigenvalue weighted by Gasteiger charge is 2.08. The van der Waals surface area contributed by atoms with Crippen LogP contribution in [-0.2, 0) is 5.75 Å². The average molecular weight is 349 g/mol. The Bertz CT molecular complexity index is 286. The Labute approximate surface area is 105 Å². The minimum atomic E-state index is 0.437. The Morgan fingerprint density at radius 3 is 2.31 bits per heavy atom. The van der Waals surface area contributed by atoms with Crippen molar-refractivity contribution in [2.24, 2.45) is 0 Å². The summed E-state index contributed by atoms with van der Waals surface area (Å²) in [7, 11) is 0. The maximum atomic E-state index is 5.85. The van der Waals surface area contributed by atoms with Crippen molar-refractivity contribution < 1.29 is 0 Å². The molecule has 0 radical (unpaired) electrons. The lowest BCUT2D eigenvalue weighted by Crippen LogP contribution is -1.96. The van der Waals surface area contributed by atoms with Crippen molar-refractivity contribution in [3.63, 3.8) is 0 Å². The lowest BCUT2D eigenvalue weighted by Gasteiger charge is -2.02. The highest BCUT2D eigenvalue weighted by atomic mass is 127. The summed E-state index contributed by atoms with van der Waals surface area (Å²) in [5.41, 5.74) is 0. The first kappa shape index (κ1) is 11.8. The normalized spacial score (nSPS) is 10.5. The minimum Gasteiger partial charge on any atom is -0.219 e. The van der Waals surface area contributed by atoms with Crippen LogP contribution in [-0.4, -0.2) is 15.7 Å². The molecule has 0 atom stereocenters. The van der Waals surface area contributed by atoms with Gasteiger partial charge in [0.2, 0.25) is 0 Å². The number of nitrogens with zero attached hydrogens (tertiary/aromatic N) is 2. The smallest absolute Gasteiger partial charge is 0.147 e. The van der Waals surface area contributed by atoms with E-state index in [0.29, 0.717) is 19.7 Å². The van der Waals surface area contributed by atoms with Gasteiger partial charge >= 0.3 is 0 Å². The fourth-order valence-electron chi connectivity index (χ4n) is 0.693. The molecule has 0 aliphatic rings. The van der Waals surface area contributed by atoms with E-state index in [0.717, 1.165) is 11.5 Å². The summed E-state index contributed by atoms with van der Waals surface area (Å²) in [6, 6.07) is 0. The highest BCUT2D eigenvalue weighted by Crippen LogP contribution is 2.23. The molecular weight excluding hydrogens is 342 g/mol. The fourth-order valence-corrected chi connectivity index (χ4v) is 1.87. The van der Waals surface area contributed by atoms with E-state index in [-0.39, 0.29) is 0 Å². The van der Waals surface area contributed by atoms with E-state index < -0.39 is 0 Å². The van der Waals surface area contributed by atoms with Crippen LogP contribution in [0.3, 0.4) is 0 Å². The lowest BCUT2D eigenvalue weighted by molar-refractivity contribution is 1.02. The van der Waals surface area contributed by atoms with Crippen LogP contribution in [0.5, 0.6) is 0 Å². The van der Waals surface area contributed by atoms with Crippen molar-refractivity contribution >= 4 is 57.6 Å². The van der Waals surface area contributed by atoms with E-state index in [4.69, 9.17) is 23.2 Å². The van der Waals surface area contributed by atoms with Gasteiger partial charge in [-0.3, -0.25) is 0 Å². The summed E-state index contributed by atoms with van der Waals surface area (Å²) in [5.74, 6) is 2.49. The van der Waals surface area contributed by atoms with Crippen LogP contribution in [0.2, 0.25) is 10.3 Å². The Morgan fingerprint density at radius 1 is 1.31 bits per heavy atom. The van der Waals surface area contributed by atoms with Crippen molar-refractivity contribution in [2.75, 3.05) is 5.75 Å². The number of aromatic nitrogens is 2. The van der Waals surface area contributed by atoms with Crippen molar-refractivity contribution in [3.05, 3.63) is 19.7 Å². The van der Waals surface area contributed by atoms with E-state index in [1.165, 1.54) is 0 Å². The van der Waals surface area contributed by atoms with Gasteiger partial charge in [-0.1, -0.05) is 30.1 Å². The summed E-state index contributed by atoms with van der Waals surface area (Å²) in [6.45, 7) is 2.08. The monoisotopic (exact) mass is 348 g/mol. The molecule has 6 heteroatoms. The number of halogens is 3. The Morgan fingerprint density at radius 2 is 1.85 bits per heavy atom. The molecule has 0 bridgehead atoms. The van der Waals surface area contributed by atoms with E-state index in [2.05, 4.69) is 16.9 Å². The topological polar surface area (TPSA) is 25.8 Å². The van der Waals surface area contributed by atoms with Gasteiger partial charge in [-0.05, 0) is 28.3 Å². The van der Waals surface area contributed by atoms with Gasteiger partial charge in [-0.2, -0.15) is 11.8 Å². The van der Waals surface area contributed by atoms with Gasteiger partial charge in [0, 0.05) is 0 Å². The Balaban J connectivity index is 2.86. The van der Waals surface area contributed by atoms with Crippen LogP contribution < -0.4 is 0 Å². The predicted octanol–water partition coefficient (Wildman–Crippen LogP) is 3.64. The van der Waals surface area contributed by atoms with Crippen LogP contribution in [0.1, 0.15) is 12.7 Å². The van der Waals surface area contributed by atoms with E-state index in [1.54, 1.807) is 11.8 Å². The molecular formula is C7H7Cl2IN2S. The van der Waals surface area contributed by atoms with Gasteiger partial charge in [0.15, 0.2) is 0 Å². The van der Waals surface area contributed by atoms with Crippen molar-refractivity contribution in [1.82, 2.24) is 9.97 Å². The molecule has 1 aromatic heterocycles. The van der Waals surface area contributed by atoms with Gasteiger partial charge in [-0.25, -0.2) is 9.97 Å². The molecule has 0 fully saturated rings. The van der Waals surface area contributed by atoms with Gasteiger partial charge in [-0.15, -0.1) is 0 Å². The molecule has 2 nitrogen and oxygen atoms in total. The van der Waals surface area contributed by atoms with Gasteiger partial charge in [0.25, 0.3) is 0 Å². The minimum absolute atomic E-state index is 0.437. The first-order valence-electron chi connectivity index (χ1n) is 3.60. The van der Waals surface area contributed by atoms with Gasteiger partial charge in [0.1, 0.15) is 16.1 Å². The lowest BCUT2D eigenvalue weighted by atomic mass is 10.6. The predicted molar refractivity (Wildman–Crippen MR) is 66.6 cm³/mol. The third-order valence-electron chi connectivity index (χ3n) is 1.25. The average Bonchev–Trinajstić information content (AvgIpc) is 2.10. The molecule has 0 aliphatic heterocycles. The van der Waals surface area contributed by atoms with Gasteiger partial charge < -0.3 is 0 Å². The third kappa shape index (κ3) is 3.42. The third-order valence-corrected chi connectivity index (χ3v) is 4.33. The molecule has 13 heavy (non-hydrogen) atoms. The molecule has 0 saturated heterocycles. The van der Waals surface area contributed by atoms with Crippen LogP contribution in [0.25, 0.3) is 0 Å². The molecule has 0 amide bonds. The first-order valence-corrected chi connectivity index (χ1v) is 6.59. The van der Waals surface area contributed by atoms with E-state index in [1.807, 2.05) is 22.6 Å². The number of hydrogen-bond donors (Lipinski definition) is 0. The largest absolute Gasteiger partial charge is 0.219 e. The number of rotatable bonds is 3. The zero-order valence-electron chi connectivity index (χ0n) is 6.85. The van der Waals surface area contributed by atoms with Crippen molar-refractivity contribution in [3.8, 4) is 0 Å². The van der Waals surface area contributed by atoms with Crippen LogP contribution in [0, 0.1) is 3.57 Å². The van der Waals surface area contributed by atoms with Gasteiger partial charge in [0.05, 0.1) is 9.32 Å². The summed E-state index contributed by atoms with van der Waals surface area (Å²) in [4.78, 5) is 8.23. The SMILES string of the molecule is CCSCc1nc(Cl)c(I)c(Cl)n1. The second-order valence-corrected chi connectivity index (χ2v) is 5.24. The summed E-state index contributed by atoms with van der Waals surface area (Å²) in [6.07, 6.45) is 0. The Hall–Kier alpha value is 0.740. The zero-order chi connectivity index (χ0) is 9.84. The molecule has 0 saturated carbocycles.